The summed E-state index contributed by atoms with van der Waals surface area (Å²) in [7, 11) is 0. The summed E-state index contributed by atoms with van der Waals surface area (Å²) in [6, 6.07) is 1.90. The fourth-order valence-electron chi connectivity index (χ4n) is 0.861. The minimum absolute atomic E-state index is 0.000162. The number of nitro benzene ring substituents is 1. The summed E-state index contributed by atoms with van der Waals surface area (Å²) in [5.41, 5.74) is -0.442. The molecule has 0 radical (unpaired) electrons. The Morgan fingerprint density at radius 1 is 1.44 bits per heavy atom. The molecule has 0 saturated heterocycles. The molecule has 0 aliphatic carbocycles. The van der Waals surface area contributed by atoms with E-state index in [0.29, 0.717) is 0 Å². The van der Waals surface area contributed by atoms with Gasteiger partial charge in [0.1, 0.15) is 0 Å². The van der Waals surface area contributed by atoms with Crippen molar-refractivity contribution in [3.05, 3.63) is 30.3 Å². The van der Waals surface area contributed by atoms with Crippen LogP contribution in [-0.2, 0) is 0 Å². The average Bonchev–Trinajstić information content (AvgIpc) is 2.07. The standard InChI is InChI=1S/C7H2BrF3INO3/c8-3-1-4(12)5(13(14)15)2-6(3)16-7(9,10)11/h1-2H. The topological polar surface area (TPSA) is 52.4 Å². The molecule has 1 rings (SSSR count). The lowest BCUT2D eigenvalue weighted by Crippen LogP contribution is -2.17. The number of hydrogen-bond acceptors (Lipinski definition) is 3. The highest BCUT2D eigenvalue weighted by Crippen LogP contribution is 2.36. The molecule has 0 saturated carbocycles. The number of nitro groups is 1. The van der Waals surface area contributed by atoms with E-state index in [0.717, 1.165) is 6.07 Å². The highest BCUT2D eigenvalue weighted by Gasteiger charge is 2.33. The number of rotatable bonds is 2. The Balaban J connectivity index is 3.20. The number of hydrogen-bond donors (Lipinski definition) is 0. The van der Waals surface area contributed by atoms with Crippen molar-refractivity contribution in [3.63, 3.8) is 0 Å². The van der Waals surface area contributed by atoms with E-state index < -0.39 is 22.7 Å². The summed E-state index contributed by atoms with van der Waals surface area (Å²) in [4.78, 5) is 9.72. The Morgan fingerprint density at radius 3 is 2.44 bits per heavy atom. The summed E-state index contributed by atoms with van der Waals surface area (Å²) in [6.07, 6.45) is -4.89. The van der Waals surface area contributed by atoms with Crippen LogP contribution in [0.2, 0.25) is 0 Å². The minimum Gasteiger partial charge on any atom is -0.404 e. The Hall–Kier alpha value is -0.580. The van der Waals surface area contributed by atoms with Gasteiger partial charge in [0.15, 0.2) is 5.75 Å². The van der Waals surface area contributed by atoms with Gasteiger partial charge in [0.2, 0.25) is 0 Å². The van der Waals surface area contributed by atoms with Gasteiger partial charge in [-0.1, -0.05) is 0 Å². The smallest absolute Gasteiger partial charge is 0.404 e. The van der Waals surface area contributed by atoms with Gasteiger partial charge < -0.3 is 4.74 Å². The Kier molecular flexibility index (Phi) is 3.99. The van der Waals surface area contributed by atoms with Crippen molar-refractivity contribution >= 4 is 44.2 Å². The molecule has 0 aliphatic rings. The molecule has 0 heterocycles. The highest BCUT2D eigenvalue weighted by atomic mass is 127. The second-order valence-corrected chi connectivity index (χ2v) is 4.56. The van der Waals surface area contributed by atoms with Crippen molar-refractivity contribution < 1.29 is 22.8 Å². The molecule has 0 spiro atoms. The summed E-state index contributed by atoms with van der Waals surface area (Å²) < 4.78 is 39.7. The van der Waals surface area contributed by atoms with Crippen LogP contribution in [0, 0.1) is 13.7 Å². The fraction of sp³-hybridized carbons (Fsp3) is 0.143. The number of alkyl halides is 3. The van der Waals surface area contributed by atoms with Crippen molar-refractivity contribution in [2.24, 2.45) is 0 Å². The summed E-state index contributed by atoms with van der Waals surface area (Å²) >= 11 is 4.48. The van der Waals surface area contributed by atoms with Crippen LogP contribution in [0.4, 0.5) is 18.9 Å². The fourth-order valence-corrected chi connectivity index (χ4v) is 2.38. The van der Waals surface area contributed by atoms with Crippen LogP contribution in [0.5, 0.6) is 5.75 Å². The van der Waals surface area contributed by atoms with E-state index in [4.69, 9.17) is 0 Å². The molecule has 4 nitrogen and oxygen atoms in total. The molecule has 0 aromatic heterocycles. The Morgan fingerprint density at radius 2 is 2.00 bits per heavy atom. The van der Waals surface area contributed by atoms with Crippen LogP contribution in [-0.4, -0.2) is 11.3 Å². The Labute approximate surface area is 109 Å². The van der Waals surface area contributed by atoms with Crippen LogP contribution < -0.4 is 4.74 Å². The molecule has 0 aliphatic heterocycles. The molecule has 16 heavy (non-hydrogen) atoms. The zero-order valence-corrected chi connectivity index (χ0v) is 11.0. The van der Waals surface area contributed by atoms with Crippen molar-refractivity contribution in [3.8, 4) is 5.75 Å². The maximum atomic E-state index is 11.9. The lowest BCUT2D eigenvalue weighted by molar-refractivity contribution is -0.386. The van der Waals surface area contributed by atoms with Crippen LogP contribution in [0.1, 0.15) is 0 Å². The molecule has 1 aromatic rings. The van der Waals surface area contributed by atoms with Crippen LogP contribution in [0.15, 0.2) is 16.6 Å². The second kappa shape index (κ2) is 4.73. The predicted octanol–water partition coefficient (Wildman–Crippen LogP) is 3.86. The van der Waals surface area contributed by atoms with E-state index in [9.17, 15) is 23.3 Å². The third-order valence-electron chi connectivity index (χ3n) is 1.42. The molecule has 9 heteroatoms. The molecule has 0 amide bonds. The summed E-state index contributed by atoms with van der Waals surface area (Å²) in [5.74, 6) is -0.639. The first-order chi connectivity index (χ1) is 7.20. The molecule has 0 unspecified atom stereocenters. The van der Waals surface area contributed by atoms with Gasteiger partial charge >= 0.3 is 6.36 Å². The van der Waals surface area contributed by atoms with Crippen LogP contribution >= 0.6 is 38.5 Å². The lowest BCUT2D eigenvalue weighted by atomic mass is 10.3. The van der Waals surface area contributed by atoms with E-state index in [-0.39, 0.29) is 8.04 Å². The highest BCUT2D eigenvalue weighted by molar-refractivity contribution is 14.1. The van der Waals surface area contributed by atoms with Gasteiger partial charge in [0.05, 0.1) is 19.0 Å². The number of benzene rings is 1. The summed E-state index contributed by atoms with van der Waals surface area (Å²) in [5, 5.41) is 10.5. The first-order valence-electron chi connectivity index (χ1n) is 3.60. The Bertz CT molecular complexity index is 438. The SMILES string of the molecule is O=[N+]([O-])c1cc(OC(F)(F)F)c(Br)cc1I. The van der Waals surface area contributed by atoms with Gasteiger partial charge in [-0.2, -0.15) is 0 Å². The van der Waals surface area contributed by atoms with Crippen molar-refractivity contribution in [1.29, 1.82) is 0 Å². The normalized spacial score (nSPS) is 11.3. The molecule has 88 valence electrons. The van der Waals surface area contributed by atoms with Gasteiger partial charge in [-0.15, -0.1) is 13.2 Å². The van der Waals surface area contributed by atoms with Gasteiger partial charge in [-0.05, 0) is 44.6 Å². The second-order valence-electron chi connectivity index (χ2n) is 2.54. The van der Waals surface area contributed by atoms with Crippen LogP contribution in [0.25, 0.3) is 0 Å². The zero-order chi connectivity index (χ0) is 12.5. The van der Waals surface area contributed by atoms with Gasteiger partial charge in [-0.25, -0.2) is 0 Å². The van der Waals surface area contributed by atoms with E-state index >= 15 is 0 Å². The molecule has 0 N–H and O–H groups in total. The zero-order valence-electron chi connectivity index (χ0n) is 7.22. The molecule has 0 atom stereocenters. The number of nitrogens with zero attached hydrogens (tertiary/aromatic N) is 1. The van der Waals surface area contributed by atoms with Gasteiger partial charge in [0.25, 0.3) is 5.69 Å². The molecule has 0 bridgehead atoms. The molecule has 0 fully saturated rings. The lowest BCUT2D eigenvalue weighted by Gasteiger charge is -2.10. The van der Waals surface area contributed by atoms with E-state index in [2.05, 4.69) is 20.7 Å². The van der Waals surface area contributed by atoms with Gasteiger partial charge in [-0.3, -0.25) is 10.1 Å². The number of ether oxygens (including phenoxy) is 1. The van der Waals surface area contributed by atoms with E-state index in [1.54, 1.807) is 22.6 Å². The first-order valence-corrected chi connectivity index (χ1v) is 5.47. The van der Waals surface area contributed by atoms with Crippen molar-refractivity contribution in [2.45, 2.75) is 6.36 Å². The first kappa shape index (κ1) is 13.5. The monoisotopic (exact) mass is 411 g/mol. The molecule has 1 aromatic carbocycles. The quantitative estimate of drug-likeness (QED) is 0.422. The maximum absolute atomic E-state index is 11.9. The van der Waals surface area contributed by atoms with Crippen LogP contribution in [0.3, 0.4) is 0 Å². The van der Waals surface area contributed by atoms with E-state index in [1.807, 2.05) is 0 Å². The van der Waals surface area contributed by atoms with Crippen molar-refractivity contribution in [2.75, 3.05) is 0 Å². The molecular formula is C7H2BrF3INO3. The molecular weight excluding hydrogens is 410 g/mol. The average molecular weight is 412 g/mol. The van der Waals surface area contributed by atoms with Gasteiger partial charge in [0, 0.05) is 0 Å². The number of halogens is 5. The minimum atomic E-state index is -4.89. The third-order valence-corrected chi connectivity index (χ3v) is 2.91. The maximum Gasteiger partial charge on any atom is 0.573 e. The predicted molar refractivity (Wildman–Crippen MR) is 60.2 cm³/mol. The van der Waals surface area contributed by atoms with E-state index in [1.165, 1.54) is 6.07 Å². The third kappa shape index (κ3) is 3.47. The largest absolute Gasteiger partial charge is 0.573 e. The summed E-state index contributed by atoms with van der Waals surface area (Å²) in [6.45, 7) is 0. The van der Waals surface area contributed by atoms with Crippen molar-refractivity contribution in [1.82, 2.24) is 0 Å².